The third-order valence-corrected chi connectivity index (χ3v) is 3.90. The first-order chi connectivity index (χ1) is 8.76. The van der Waals surface area contributed by atoms with Crippen molar-refractivity contribution >= 4 is 12.1 Å². The summed E-state index contributed by atoms with van der Waals surface area (Å²) < 4.78 is 5.45. The molecule has 0 aromatic carbocycles. The number of hydrogen-bond donors (Lipinski definition) is 1. The molecule has 5 heteroatoms. The van der Waals surface area contributed by atoms with Crippen molar-refractivity contribution in [3.63, 3.8) is 0 Å². The fourth-order valence-electron chi connectivity index (χ4n) is 3.32. The highest BCUT2D eigenvalue weighted by Gasteiger charge is 2.45. The summed E-state index contributed by atoms with van der Waals surface area (Å²) >= 11 is 0. The van der Waals surface area contributed by atoms with Gasteiger partial charge in [0.15, 0.2) is 0 Å². The van der Waals surface area contributed by atoms with E-state index in [0.29, 0.717) is 0 Å². The molecule has 2 bridgehead atoms. The van der Waals surface area contributed by atoms with Gasteiger partial charge in [0.1, 0.15) is 5.60 Å². The van der Waals surface area contributed by atoms with E-state index in [9.17, 15) is 9.59 Å². The number of amides is 1. The third-order valence-electron chi connectivity index (χ3n) is 3.90. The number of carbonyl (C=O) groups excluding carboxylic acids is 1. The summed E-state index contributed by atoms with van der Waals surface area (Å²) in [6, 6.07) is 0.330. The molecule has 2 aliphatic heterocycles. The predicted molar refractivity (Wildman–Crippen MR) is 69.9 cm³/mol. The van der Waals surface area contributed by atoms with Gasteiger partial charge in [-0.2, -0.15) is 0 Å². The molecule has 0 spiro atoms. The SMILES string of the molecule is CC(C)(C)OC(=O)N1[C@@H]2CC[C@H]1C[C@H](CC(=O)O)C2. The number of aliphatic carboxylic acids is 1. The Hall–Kier alpha value is -1.26. The van der Waals surface area contributed by atoms with Gasteiger partial charge < -0.3 is 14.7 Å². The van der Waals surface area contributed by atoms with Crippen LogP contribution in [0.15, 0.2) is 0 Å². The highest BCUT2D eigenvalue weighted by Crippen LogP contribution is 2.40. The molecule has 1 N–H and O–H groups in total. The lowest BCUT2D eigenvalue weighted by Crippen LogP contribution is -2.48. The number of nitrogens with zero attached hydrogens (tertiary/aromatic N) is 1. The Morgan fingerprint density at radius 2 is 1.74 bits per heavy atom. The van der Waals surface area contributed by atoms with Crippen LogP contribution in [0.1, 0.15) is 52.9 Å². The van der Waals surface area contributed by atoms with Gasteiger partial charge in [0.2, 0.25) is 0 Å². The molecular formula is C14H23NO4. The summed E-state index contributed by atoms with van der Waals surface area (Å²) in [5, 5.41) is 8.88. The van der Waals surface area contributed by atoms with E-state index >= 15 is 0 Å². The molecule has 2 saturated heterocycles. The van der Waals surface area contributed by atoms with Gasteiger partial charge in [-0.05, 0) is 52.4 Å². The Balaban J connectivity index is 1.99. The van der Waals surface area contributed by atoms with Gasteiger partial charge in [0.25, 0.3) is 0 Å². The van der Waals surface area contributed by atoms with E-state index in [1.54, 1.807) is 0 Å². The van der Waals surface area contributed by atoms with E-state index in [4.69, 9.17) is 9.84 Å². The minimum absolute atomic E-state index is 0.165. The normalized spacial score (nSPS) is 30.3. The van der Waals surface area contributed by atoms with Gasteiger partial charge >= 0.3 is 12.1 Å². The van der Waals surface area contributed by atoms with Gasteiger partial charge in [0, 0.05) is 18.5 Å². The summed E-state index contributed by atoms with van der Waals surface area (Å²) in [6.45, 7) is 5.60. The van der Waals surface area contributed by atoms with Gasteiger partial charge in [-0.1, -0.05) is 0 Å². The van der Waals surface area contributed by atoms with Gasteiger partial charge in [-0.15, -0.1) is 0 Å². The van der Waals surface area contributed by atoms with Crippen LogP contribution in [0.25, 0.3) is 0 Å². The third kappa shape index (κ3) is 3.39. The average molecular weight is 269 g/mol. The molecule has 2 fully saturated rings. The second-order valence-electron chi connectivity index (χ2n) is 6.71. The number of carboxylic acids is 1. The molecule has 19 heavy (non-hydrogen) atoms. The summed E-state index contributed by atoms with van der Waals surface area (Å²) in [5.41, 5.74) is -0.478. The second-order valence-corrected chi connectivity index (χ2v) is 6.71. The first kappa shape index (κ1) is 14.2. The van der Waals surface area contributed by atoms with E-state index in [1.165, 1.54) is 0 Å². The van der Waals surface area contributed by atoms with Crippen LogP contribution in [0.5, 0.6) is 0 Å². The largest absolute Gasteiger partial charge is 0.481 e. The number of fused-ring (bicyclic) bond motifs is 2. The number of ether oxygens (including phenoxy) is 1. The van der Waals surface area contributed by atoms with Gasteiger partial charge in [0.05, 0.1) is 0 Å². The van der Waals surface area contributed by atoms with Crippen molar-refractivity contribution in [3.8, 4) is 0 Å². The highest BCUT2D eigenvalue weighted by atomic mass is 16.6. The molecule has 0 aliphatic carbocycles. The Bertz CT molecular complexity index is 360. The zero-order valence-corrected chi connectivity index (χ0v) is 11.9. The second kappa shape index (κ2) is 5.02. The predicted octanol–water partition coefficient (Wildman–Crippen LogP) is 2.64. The molecular weight excluding hydrogens is 246 g/mol. The average Bonchev–Trinajstić information content (AvgIpc) is 2.47. The lowest BCUT2D eigenvalue weighted by molar-refractivity contribution is -0.138. The van der Waals surface area contributed by atoms with E-state index in [-0.39, 0.29) is 30.5 Å². The van der Waals surface area contributed by atoms with E-state index < -0.39 is 11.6 Å². The summed E-state index contributed by atoms with van der Waals surface area (Å²) in [5.74, 6) is -0.538. The lowest BCUT2D eigenvalue weighted by Gasteiger charge is -2.39. The molecule has 0 aromatic heterocycles. The van der Waals surface area contributed by atoms with Crippen molar-refractivity contribution in [1.82, 2.24) is 4.90 Å². The smallest absolute Gasteiger partial charge is 0.410 e. The summed E-state index contributed by atoms with van der Waals surface area (Å²) in [7, 11) is 0. The first-order valence-electron chi connectivity index (χ1n) is 6.99. The van der Waals surface area contributed by atoms with Crippen LogP contribution in [0.2, 0.25) is 0 Å². The Morgan fingerprint density at radius 3 is 2.16 bits per heavy atom. The number of carboxylic acid groups (broad SMARTS) is 1. The number of piperidine rings is 1. The molecule has 0 aromatic rings. The van der Waals surface area contributed by atoms with Crippen LogP contribution < -0.4 is 0 Å². The molecule has 1 amide bonds. The monoisotopic (exact) mass is 269 g/mol. The maximum atomic E-state index is 12.2. The van der Waals surface area contributed by atoms with Crippen LogP contribution in [-0.2, 0) is 9.53 Å². The quantitative estimate of drug-likeness (QED) is 0.836. The molecule has 108 valence electrons. The zero-order chi connectivity index (χ0) is 14.2. The van der Waals surface area contributed by atoms with E-state index in [2.05, 4.69) is 0 Å². The van der Waals surface area contributed by atoms with Crippen LogP contribution in [-0.4, -0.2) is 39.8 Å². The maximum absolute atomic E-state index is 12.2. The topological polar surface area (TPSA) is 66.8 Å². The lowest BCUT2D eigenvalue weighted by atomic mass is 9.88. The van der Waals surface area contributed by atoms with Gasteiger partial charge in [-0.3, -0.25) is 4.79 Å². The fourth-order valence-corrected chi connectivity index (χ4v) is 3.32. The molecule has 0 saturated carbocycles. The molecule has 2 heterocycles. The highest BCUT2D eigenvalue weighted by molar-refractivity contribution is 5.70. The fraction of sp³-hybridized carbons (Fsp3) is 0.857. The van der Waals surface area contributed by atoms with Crippen molar-refractivity contribution in [3.05, 3.63) is 0 Å². The van der Waals surface area contributed by atoms with Crippen LogP contribution in [0.3, 0.4) is 0 Å². The van der Waals surface area contributed by atoms with E-state index in [1.807, 2.05) is 25.7 Å². The summed E-state index contributed by atoms with van der Waals surface area (Å²) in [4.78, 5) is 24.8. The van der Waals surface area contributed by atoms with Gasteiger partial charge in [-0.25, -0.2) is 4.79 Å². The standard InChI is InChI=1S/C14H23NO4/c1-14(2,3)19-13(18)15-10-4-5-11(15)7-9(6-10)8-12(16)17/h9-11H,4-8H2,1-3H3,(H,16,17)/t9-,10-,11+. The number of carbonyl (C=O) groups is 2. The first-order valence-corrected chi connectivity index (χ1v) is 6.99. The Labute approximate surface area is 113 Å². The van der Waals surface area contributed by atoms with Crippen molar-refractivity contribution in [2.24, 2.45) is 5.92 Å². The van der Waals surface area contributed by atoms with Crippen molar-refractivity contribution in [1.29, 1.82) is 0 Å². The van der Waals surface area contributed by atoms with Crippen molar-refractivity contribution in [2.75, 3.05) is 0 Å². The van der Waals surface area contributed by atoms with Crippen molar-refractivity contribution < 1.29 is 19.4 Å². The molecule has 5 nitrogen and oxygen atoms in total. The molecule has 0 unspecified atom stereocenters. The van der Waals surface area contributed by atoms with Crippen LogP contribution in [0.4, 0.5) is 4.79 Å². The molecule has 2 rings (SSSR count). The van der Waals surface area contributed by atoms with Crippen molar-refractivity contribution in [2.45, 2.75) is 70.6 Å². The minimum Gasteiger partial charge on any atom is -0.481 e. The Morgan fingerprint density at radius 1 is 1.21 bits per heavy atom. The zero-order valence-electron chi connectivity index (χ0n) is 11.9. The van der Waals surface area contributed by atoms with E-state index in [0.717, 1.165) is 25.7 Å². The summed E-state index contributed by atoms with van der Waals surface area (Å²) in [6.07, 6.45) is 3.51. The molecule has 2 aliphatic rings. The molecule has 0 radical (unpaired) electrons. The number of hydrogen-bond acceptors (Lipinski definition) is 3. The van der Waals surface area contributed by atoms with Crippen LogP contribution >= 0.6 is 0 Å². The minimum atomic E-state index is -0.741. The van der Waals surface area contributed by atoms with Crippen LogP contribution in [0, 0.1) is 5.92 Å². The Kier molecular flexibility index (Phi) is 3.74. The molecule has 3 atom stereocenters. The number of rotatable bonds is 2. The maximum Gasteiger partial charge on any atom is 0.410 e.